The minimum absolute atomic E-state index is 0.0736. The molecule has 0 saturated carbocycles. The fraction of sp³-hybridized carbons (Fsp3) is 0.852. The van der Waals surface area contributed by atoms with Crippen molar-refractivity contribution in [1.82, 2.24) is 5.32 Å². The van der Waals surface area contributed by atoms with Crippen molar-refractivity contribution in [3.05, 3.63) is 36.5 Å². The van der Waals surface area contributed by atoms with E-state index >= 15 is 0 Å². The lowest BCUT2D eigenvalue weighted by Crippen LogP contribution is -2.46. The molecule has 3 N–H and O–H groups in total. The molecule has 1 amide bonds. The van der Waals surface area contributed by atoms with E-state index < -0.39 is 18.2 Å². The Labute approximate surface area is 373 Å². The van der Waals surface area contributed by atoms with Gasteiger partial charge in [0.15, 0.2) is 0 Å². The summed E-state index contributed by atoms with van der Waals surface area (Å²) >= 11 is 0. The van der Waals surface area contributed by atoms with E-state index in [0.717, 1.165) is 77.0 Å². The minimum atomic E-state index is -0.787. The van der Waals surface area contributed by atoms with Crippen LogP contribution in [0.3, 0.4) is 0 Å². The molecule has 0 fully saturated rings. The molecule has 0 aliphatic heterocycles. The lowest BCUT2D eigenvalue weighted by Gasteiger charge is -2.24. The topological polar surface area (TPSA) is 95.9 Å². The van der Waals surface area contributed by atoms with E-state index in [1.54, 1.807) is 0 Å². The summed E-state index contributed by atoms with van der Waals surface area (Å²) in [4.78, 5) is 26.1. The second-order valence-corrected chi connectivity index (χ2v) is 17.9. The standard InChI is InChI=1S/C54H101NO5/c1-4-7-10-13-16-19-22-24-26-27-28-29-31-33-36-39-42-45-50(60-54(59)47-44-41-38-35-32-30-25-23-20-17-14-11-8-5-2)48-53(58)55-51(49-56)52(57)46-43-40-37-34-21-18-15-12-9-6-3/h8,11,17,20,24,26,50-52,56-57H,4-7,9-10,12-16,18-19,21-23,25,27-49H2,1-3H3,(H,55,58)/b11-8+,20-17+,26-24+. The summed E-state index contributed by atoms with van der Waals surface area (Å²) in [5.74, 6) is -0.479. The summed E-state index contributed by atoms with van der Waals surface area (Å²) in [7, 11) is 0. The predicted octanol–water partition coefficient (Wildman–Crippen LogP) is 15.7. The first-order valence-corrected chi connectivity index (χ1v) is 26.2. The number of aliphatic hydroxyl groups excluding tert-OH is 2. The Bertz CT molecular complexity index is 993. The van der Waals surface area contributed by atoms with Gasteiger partial charge in [-0.25, -0.2) is 0 Å². The van der Waals surface area contributed by atoms with Crippen LogP contribution in [0.2, 0.25) is 0 Å². The maximum Gasteiger partial charge on any atom is 0.306 e. The summed E-state index contributed by atoms with van der Waals surface area (Å²) < 4.78 is 5.94. The second kappa shape index (κ2) is 48.1. The van der Waals surface area contributed by atoms with Crippen molar-refractivity contribution in [2.45, 2.75) is 289 Å². The van der Waals surface area contributed by atoms with E-state index in [2.05, 4.69) is 62.5 Å². The number of amides is 1. The monoisotopic (exact) mass is 844 g/mol. The largest absolute Gasteiger partial charge is 0.462 e. The molecule has 352 valence electrons. The molecule has 0 bridgehead atoms. The van der Waals surface area contributed by atoms with Gasteiger partial charge in [-0.3, -0.25) is 9.59 Å². The number of ether oxygens (including phenoxy) is 1. The highest BCUT2D eigenvalue weighted by Gasteiger charge is 2.24. The van der Waals surface area contributed by atoms with Crippen LogP contribution in [0.4, 0.5) is 0 Å². The number of hydrogen-bond acceptors (Lipinski definition) is 5. The van der Waals surface area contributed by atoms with E-state index in [0.29, 0.717) is 19.3 Å². The van der Waals surface area contributed by atoms with Crippen molar-refractivity contribution in [2.24, 2.45) is 0 Å². The van der Waals surface area contributed by atoms with Gasteiger partial charge in [-0.15, -0.1) is 0 Å². The molecule has 0 rings (SSSR count). The van der Waals surface area contributed by atoms with Gasteiger partial charge in [0.1, 0.15) is 6.10 Å². The number of hydrogen-bond donors (Lipinski definition) is 3. The van der Waals surface area contributed by atoms with Crippen LogP contribution in [0.25, 0.3) is 0 Å². The SMILES string of the molecule is CC/C=C/C/C=C/CCCCCCCCCC(=O)OC(CCCCCCCCC/C=C/CCCCCCCC)CC(=O)NC(CO)C(O)CCCCCCCCCCCC. The highest BCUT2D eigenvalue weighted by molar-refractivity contribution is 5.77. The van der Waals surface area contributed by atoms with Gasteiger partial charge >= 0.3 is 5.97 Å². The zero-order chi connectivity index (χ0) is 43.8. The van der Waals surface area contributed by atoms with Gasteiger partial charge in [0, 0.05) is 6.42 Å². The lowest BCUT2D eigenvalue weighted by molar-refractivity contribution is -0.151. The third kappa shape index (κ3) is 42.8. The molecule has 0 aromatic heterocycles. The van der Waals surface area contributed by atoms with Crippen molar-refractivity contribution in [3.8, 4) is 0 Å². The molecule has 3 atom stereocenters. The zero-order valence-corrected chi connectivity index (χ0v) is 40.1. The number of esters is 1. The van der Waals surface area contributed by atoms with E-state index in [4.69, 9.17) is 4.74 Å². The van der Waals surface area contributed by atoms with Gasteiger partial charge in [0.05, 0.1) is 25.2 Å². The van der Waals surface area contributed by atoms with E-state index in [1.165, 1.54) is 148 Å². The maximum atomic E-state index is 13.2. The highest BCUT2D eigenvalue weighted by Crippen LogP contribution is 2.18. The third-order valence-corrected chi connectivity index (χ3v) is 12.0. The highest BCUT2D eigenvalue weighted by atomic mass is 16.5. The van der Waals surface area contributed by atoms with Gasteiger partial charge < -0.3 is 20.3 Å². The first kappa shape index (κ1) is 58.1. The van der Waals surface area contributed by atoms with Gasteiger partial charge in [-0.05, 0) is 77.0 Å². The minimum Gasteiger partial charge on any atom is -0.462 e. The smallest absolute Gasteiger partial charge is 0.306 e. The first-order valence-electron chi connectivity index (χ1n) is 26.2. The lowest BCUT2D eigenvalue weighted by atomic mass is 10.0. The fourth-order valence-corrected chi connectivity index (χ4v) is 7.99. The van der Waals surface area contributed by atoms with E-state index in [-0.39, 0.29) is 24.9 Å². The van der Waals surface area contributed by atoms with E-state index in [1.807, 2.05) is 0 Å². The molecule has 6 nitrogen and oxygen atoms in total. The normalized spacial score (nSPS) is 13.5. The molecule has 60 heavy (non-hydrogen) atoms. The third-order valence-electron chi connectivity index (χ3n) is 12.0. The predicted molar refractivity (Wildman–Crippen MR) is 259 cm³/mol. The summed E-state index contributed by atoms with van der Waals surface area (Å²) in [6.45, 7) is 6.37. The number of carbonyl (C=O) groups is 2. The van der Waals surface area contributed by atoms with Gasteiger partial charge in [0.2, 0.25) is 5.91 Å². The summed E-state index contributed by atoms with van der Waals surface area (Å²) in [6, 6.07) is -0.701. The van der Waals surface area contributed by atoms with Crippen molar-refractivity contribution >= 4 is 11.9 Å². The molecule has 0 aliphatic carbocycles. The van der Waals surface area contributed by atoms with Crippen LogP contribution in [0, 0.1) is 0 Å². The van der Waals surface area contributed by atoms with Gasteiger partial charge in [-0.1, -0.05) is 218 Å². The Morgan fingerprint density at radius 1 is 0.500 bits per heavy atom. The van der Waals surface area contributed by atoms with Crippen LogP contribution in [-0.4, -0.2) is 46.9 Å². The number of rotatable bonds is 47. The van der Waals surface area contributed by atoms with Crippen LogP contribution >= 0.6 is 0 Å². The summed E-state index contributed by atoms with van der Waals surface area (Å²) in [6.07, 6.45) is 56.3. The molecule has 0 aliphatic rings. The molecule has 0 saturated heterocycles. The second-order valence-electron chi connectivity index (χ2n) is 17.9. The van der Waals surface area contributed by atoms with Crippen LogP contribution in [0.5, 0.6) is 0 Å². The summed E-state index contributed by atoms with van der Waals surface area (Å²) in [5, 5.41) is 23.7. The van der Waals surface area contributed by atoms with Crippen LogP contribution in [0.1, 0.15) is 271 Å². The first-order chi connectivity index (χ1) is 29.5. The maximum absolute atomic E-state index is 13.2. The van der Waals surface area contributed by atoms with Gasteiger partial charge in [0.25, 0.3) is 0 Å². The number of carbonyl (C=O) groups excluding carboxylic acids is 2. The molecule has 0 heterocycles. The Hall–Kier alpha value is -1.92. The number of aliphatic hydroxyl groups is 2. The Morgan fingerprint density at radius 3 is 1.37 bits per heavy atom. The molecule has 3 unspecified atom stereocenters. The molecular weight excluding hydrogens is 743 g/mol. The number of nitrogens with one attached hydrogen (secondary N) is 1. The van der Waals surface area contributed by atoms with Crippen LogP contribution in [0.15, 0.2) is 36.5 Å². The number of allylic oxidation sites excluding steroid dienone is 6. The fourth-order valence-electron chi connectivity index (χ4n) is 7.99. The average Bonchev–Trinajstić information content (AvgIpc) is 3.24. The van der Waals surface area contributed by atoms with Crippen LogP contribution < -0.4 is 5.32 Å². The molecule has 0 aromatic rings. The van der Waals surface area contributed by atoms with Crippen molar-refractivity contribution in [1.29, 1.82) is 0 Å². The molecule has 0 radical (unpaired) electrons. The van der Waals surface area contributed by atoms with Crippen molar-refractivity contribution < 1.29 is 24.5 Å². The quantitative estimate of drug-likeness (QED) is 0.0322. The molecular formula is C54H101NO5. The Morgan fingerprint density at radius 2 is 0.900 bits per heavy atom. The summed E-state index contributed by atoms with van der Waals surface area (Å²) in [5.41, 5.74) is 0. The van der Waals surface area contributed by atoms with Crippen LogP contribution in [-0.2, 0) is 14.3 Å². The molecule has 6 heteroatoms. The average molecular weight is 844 g/mol. The Balaban J connectivity index is 4.57. The van der Waals surface area contributed by atoms with Crippen molar-refractivity contribution in [2.75, 3.05) is 6.61 Å². The Kier molecular flexibility index (Phi) is 46.6. The van der Waals surface area contributed by atoms with Crippen molar-refractivity contribution in [3.63, 3.8) is 0 Å². The molecule has 0 spiro atoms. The number of unbranched alkanes of at least 4 members (excludes halogenated alkanes) is 29. The van der Waals surface area contributed by atoms with E-state index in [9.17, 15) is 19.8 Å². The zero-order valence-electron chi connectivity index (χ0n) is 40.1. The molecule has 0 aromatic carbocycles. The van der Waals surface area contributed by atoms with Gasteiger partial charge in [-0.2, -0.15) is 0 Å².